The van der Waals surface area contributed by atoms with E-state index < -0.39 is 10.0 Å². The molecule has 0 saturated heterocycles. The average molecular weight is 303 g/mol. The van der Waals surface area contributed by atoms with Gasteiger partial charge < -0.3 is 5.73 Å². The van der Waals surface area contributed by atoms with Crippen molar-refractivity contribution in [1.82, 2.24) is 4.31 Å². The topological polar surface area (TPSA) is 63.4 Å². The molecule has 0 aromatic heterocycles. The van der Waals surface area contributed by atoms with Gasteiger partial charge in [0.1, 0.15) is 0 Å². The summed E-state index contributed by atoms with van der Waals surface area (Å²) in [6.45, 7) is 2.25. The monoisotopic (exact) mass is 302 g/mol. The number of hydrogen-bond donors (Lipinski definition) is 1. The molecule has 2 N–H and O–H groups in total. The molecule has 1 saturated carbocycles. The fraction of sp³-hybridized carbons (Fsp3) is 0.538. The van der Waals surface area contributed by atoms with Crippen molar-refractivity contribution in [3.63, 3.8) is 0 Å². The Labute approximate surface area is 119 Å². The standard InChI is InChI=1S/C13H19ClN2O2S/c1-9(10-3-4-10)16(2)19(17,18)12-6-5-11(8-15)13(14)7-12/h5-7,9-10H,3-4,8,15H2,1-2H3. The summed E-state index contributed by atoms with van der Waals surface area (Å²) in [7, 11) is -1.85. The fourth-order valence-corrected chi connectivity index (χ4v) is 3.89. The molecule has 1 unspecified atom stereocenters. The molecular formula is C13H19ClN2O2S. The first-order valence-electron chi connectivity index (χ1n) is 6.34. The summed E-state index contributed by atoms with van der Waals surface area (Å²) in [6, 6.07) is 4.75. The van der Waals surface area contributed by atoms with Gasteiger partial charge in [-0.15, -0.1) is 0 Å². The molecule has 1 atom stereocenters. The van der Waals surface area contributed by atoms with Crippen molar-refractivity contribution in [2.75, 3.05) is 7.05 Å². The van der Waals surface area contributed by atoms with E-state index in [1.54, 1.807) is 19.2 Å². The molecule has 106 valence electrons. The van der Waals surface area contributed by atoms with Crippen molar-refractivity contribution in [1.29, 1.82) is 0 Å². The Hall–Kier alpha value is -0.620. The van der Waals surface area contributed by atoms with Crippen LogP contribution < -0.4 is 5.73 Å². The minimum atomic E-state index is -3.48. The lowest BCUT2D eigenvalue weighted by Crippen LogP contribution is -2.36. The zero-order chi connectivity index (χ0) is 14.2. The Morgan fingerprint density at radius 2 is 2.11 bits per heavy atom. The molecule has 1 aliphatic carbocycles. The molecule has 0 heterocycles. The second-order valence-electron chi connectivity index (χ2n) is 5.06. The molecule has 1 aromatic rings. The highest BCUT2D eigenvalue weighted by Gasteiger charge is 2.36. The molecule has 6 heteroatoms. The summed E-state index contributed by atoms with van der Waals surface area (Å²) >= 11 is 6.03. The van der Waals surface area contributed by atoms with E-state index in [2.05, 4.69) is 0 Å². The number of nitrogens with zero attached hydrogens (tertiary/aromatic N) is 1. The van der Waals surface area contributed by atoms with E-state index in [1.807, 2.05) is 6.92 Å². The summed E-state index contributed by atoms with van der Waals surface area (Å²) in [5, 5.41) is 0.399. The minimum absolute atomic E-state index is 0.0259. The first-order valence-corrected chi connectivity index (χ1v) is 8.16. The molecule has 0 aliphatic heterocycles. The highest BCUT2D eigenvalue weighted by Crippen LogP contribution is 2.36. The molecule has 0 radical (unpaired) electrons. The second-order valence-corrected chi connectivity index (χ2v) is 7.46. The van der Waals surface area contributed by atoms with Gasteiger partial charge in [0, 0.05) is 24.7 Å². The molecule has 1 fully saturated rings. The number of nitrogens with two attached hydrogens (primary N) is 1. The Morgan fingerprint density at radius 3 is 2.58 bits per heavy atom. The Balaban J connectivity index is 2.30. The quantitative estimate of drug-likeness (QED) is 0.907. The lowest BCUT2D eigenvalue weighted by molar-refractivity contribution is 0.357. The summed E-state index contributed by atoms with van der Waals surface area (Å²) in [5.74, 6) is 0.485. The first-order chi connectivity index (χ1) is 8.87. The van der Waals surface area contributed by atoms with E-state index in [-0.39, 0.29) is 10.9 Å². The van der Waals surface area contributed by atoms with Gasteiger partial charge in [-0.05, 0) is 43.4 Å². The normalized spacial score (nSPS) is 17.7. The number of hydrogen-bond acceptors (Lipinski definition) is 3. The lowest BCUT2D eigenvalue weighted by atomic mass is 10.2. The van der Waals surface area contributed by atoms with Crippen LogP contribution in [0.4, 0.5) is 0 Å². The van der Waals surface area contributed by atoms with Gasteiger partial charge in [0.05, 0.1) is 4.90 Å². The predicted octanol–water partition coefficient (Wildman–Crippen LogP) is 2.22. The van der Waals surface area contributed by atoms with Crippen LogP contribution in [0.3, 0.4) is 0 Å². The van der Waals surface area contributed by atoms with Crippen LogP contribution in [0.5, 0.6) is 0 Å². The third-order valence-electron chi connectivity index (χ3n) is 3.80. The first kappa shape index (κ1) is 14.8. The van der Waals surface area contributed by atoms with E-state index in [1.165, 1.54) is 10.4 Å². The smallest absolute Gasteiger partial charge is 0.243 e. The van der Waals surface area contributed by atoms with Crippen LogP contribution in [0.15, 0.2) is 23.1 Å². The molecule has 0 bridgehead atoms. The van der Waals surface area contributed by atoms with Crippen molar-refractivity contribution >= 4 is 21.6 Å². The SMILES string of the molecule is CC(C1CC1)N(C)S(=O)(=O)c1ccc(CN)c(Cl)c1. The Bertz CT molecular complexity index is 570. The highest BCUT2D eigenvalue weighted by molar-refractivity contribution is 7.89. The van der Waals surface area contributed by atoms with Crippen LogP contribution in [-0.4, -0.2) is 25.8 Å². The van der Waals surface area contributed by atoms with E-state index in [4.69, 9.17) is 17.3 Å². The molecule has 4 nitrogen and oxygen atoms in total. The van der Waals surface area contributed by atoms with Crippen molar-refractivity contribution < 1.29 is 8.42 Å². The van der Waals surface area contributed by atoms with Gasteiger partial charge >= 0.3 is 0 Å². The van der Waals surface area contributed by atoms with Gasteiger partial charge in [-0.2, -0.15) is 4.31 Å². The van der Waals surface area contributed by atoms with E-state index in [9.17, 15) is 8.42 Å². The van der Waals surface area contributed by atoms with Gasteiger partial charge in [0.2, 0.25) is 10.0 Å². The highest BCUT2D eigenvalue weighted by atomic mass is 35.5. The summed E-state index contributed by atoms with van der Waals surface area (Å²) in [6.07, 6.45) is 2.21. The summed E-state index contributed by atoms with van der Waals surface area (Å²) in [4.78, 5) is 0.227. The number of rotatable bonds is 5. The maximum absolute atomic E-state index is 12.5. The van der Waals surface area contributed by atoms with E-state index in [0.717, 1.165) is 18.4 Å². The van der Waals surface area contributed by atoms with E-state index >= 15 is 0 Å². The Kier molecular flexibility index (Phi) is 4.20. The van der Waals surface area contributed by atoms with Crippen LogP contribution >= 0.6 is 11.6 Å². The number of benzene rings is 1. The third kappa shape index (κ3) is 2.94. The third-order valence-corrected chi connectivity index (χ3v) is 6.09. The summed E-state index contributed by atoms with van der Waals surface area (Å²) < 4.78 is 26.4. The molecular weight excluding hydrogens is 284 g/mol. The minimum Gasteiger partial charge on any atom is -0.326 e. The molecule has 0 spiro atoms. The maximum atomic E-state index is 12.5. The second kappa shape index (κ2) is 5.40. The molecule has 1 aromatic carbocycles. The van der Waals surface area contributed by atoms with Gasteiger partial charge in [0.25, 0.3) is 0 Å². The molecule has 0 amide bonds. The zero-order valence-electron chi connectivity index (χ0n) is 11.1. The number of halogens is 1. The van der Waals surface area contributed by atoms with Gasteiger partial charge in [-0.1, -0.05) is 17.7 Å². The Morgan fingerprint density at radius 1 is 1.47 bits per heavy atom. The largest absolute Gasteiger partial charge is 0.326 e. The van der Waals surface area contributed by atoms with Crippen LogP contribution in [0.25, 0.3) is 0 Å². The predicted molar refractivity (Wildman–Crippen MR) is 76.5 cm³/mol. The fourth-order valence-electron chi connectivity index (χ4n) is 2.11. The van der Waals surface area contributed by atoms with Gasteiger partial charge in [-0.25, -0.2) is 8.42 Å². The number of sulfonamides is 1. The molecule has 2 rings (SSSR count). The maximum Gasteiger partial charge on any atom is 0.243 e. The molecule has 1 aliphatic rings. The van der Waals surface area contributed by atoms with E-state index in [0.29, 0.717) is 17.5 Å². The summed E-state index contributed by atoms with van der Waals surface area (Å²) in [5.41, 5.74) is 6.27. The van der Waals surface area contributed by atoms with Crippen molar-refractivity contribution in [3.05, 3.63) is 28.8 Å². The van der Waals surface area contributed by atoms with Crippen molar-refractivity contribution in [2.45, 2.75) is 37.2 Å². The van der Waals surface area contributed by atoms with Gasteiger partial charge in [0.15, 0.2) is 0 Å². The average Bonchev–Trinajstić information content (AvgIpc) is 3.21. The van der Waals surface area contributed by atoms with Crippen LogP contribution in [0.1, 0.15) is 25.3 Å². The molecule has 19 heavy (non-hydrogen) atoms. The van der Waals surface area contributed by atoms with Crippen LogP contribution in [0.2, 0.25) is 5.02 Å². The van der Waals surface area contributed by atoms with Crippen molar-refractivity contribution in [3.8, 4) is 0 Å². The lowest BCUT2D eigenvalue weighted by Gasteiger charge is -2.24. The van der Waals surface area contributed by atoms with Crippen LogP contribution in [0, 0.1) is 5.92 Å². The van der Waals surface area contributed by atoms with Crippen LogP contribution in [-0.2, 0) is 16.6 Å². The van der Waals surface area contributed by atoms with Gasteiger partial charge in [-0.3, -0.25) is 0 Å². The van der Waals surface area contributed by atoms with Crippen molar-refractivity contribution in [2.24, 2.45) is 11.7 Å². The zero-order valence-corrected chi connectivity index (χ0v) is 12.7.